The van der Waals surface area contributed by atoms with Crippen LogP contribution in [-0.4, -0.2) is 76.9 Å². The molecular formula is C26H27N7O4. The van der Waals surface area contributed by atoms with Crippen LogP contribution in [0.4, 0.5) is 16.3 Å². The van der Waals surface area contributed by atoms with Gasteiger partial charge in [0.1, 0.15) is 17.9 Å². The van der Waals surface area contributed by atoms with Gasteiger partial charge in [0.05, 0.1) is 25.5 Å². The lowest BCUT2D eigenvalue weighted by Gasteiger charge is -2.26. The molecule has 11 nitrogen and oxygen atoms in total. The van der Waals surface area contributed by atoms with E-state index in [1.165, 1.54) is 13.4 Å². The van der Waals surface area contributed by atoms with Crippen molar-refractivity contribution >= 4 is 29.3 Å². The van der Waals surface area contributed by atoms with Gasteiger partial charge in [0.25, 0.3) is 5.78 Å². The fraction of sp³-hybridized carbons (Fsp3) is 0.269. The van der Waals surface area contributed by atoms with Crippen LogP contribution < -0.4 is 15.0 Å². The van der Waals surface area contributed by atoms with Crippen LogP contribution in [0.2, 0.25) is 0 Å². The Kier molecular flexibility index (Phi) is 6.84. The summed E-state index contributed by atoms with van der Waals surface area (Å²) in [7, 11) is 2.95. The van der Waals surface area contributed by atoms with Crippen LogP contribution in [-0.2, 0) is 4.74 Å². The summed E-state index contributed by atoms with van der Waals surface area (Å²) in [4.78, 5) is 37.9. The lowest BCUT2D eigenvalue weighted by molar-refractivity contribution is 0.0602. The molecule has 2 amide bonds. The average Bonchev–Trinajstić information content (AvgIpc) is 3.29. The Hall–Kier alpha value is -4.67. The molecule has 1 aliphatic rings. The van der Waals surface area contributed by atoms with Crippen molar-refractivity contribution in [3.63, 3.8) is 0 Å². The summed E-state index contributed by atoms with van der Waals surface area (Å²) in [6.07, 6.45) is 4.03. The van der Waals surface area contributed by atoms with E-state index in [1.54, 1.807) is 47.0 Å². The highest BCUT2D eigenvalue weighted by Gasteiger charge is 2.25. The molecule has 5 rings (SSSR count). The van der Waals surface area contributed by atoms with Gasteiger partial charge in [-0.05, 0) is 36.2 Å². The van der Waals surface area contributed by atoms with Gasteiger partial charge in [-0.2, -0.15) is 14.6 Å². The van der Waals surface area contributed by atoms with Crippen molar-refractivity contribution < 1.29 is 19.1 Å². The van der Waals surface area contributed by atoms with Crippen LogP contribution >= 0.6 is 0 Å². The molecule has 190 valence electrons. The SMILES string of the molecule is COC(=O)c1ccccc1NC(=O)N1CCCN(c2c(-c3ccc(OC)cc3)cnc3ncnn23)CC1. The number of nitrogens with one attached hydrogen (secondary N) is 1. The number of methoxy groups -OCH3 is 2. The first-order valence-corrected chi connectivity index (χ1v) is 11.9. The number of aromatic nitrogens is 4. The lowest BCUT2D eigenvalue weighted by atomic mass is 10.1. The predicted octanol–water partition coefficient (Wildman–Crippen LogP) is 3.33. The van der Waals surface area contributed by atoms with Gasteiger partial charge in [-0.15, -0.1) is 0 Å². The zero-order valence-electron chi connectivity index (χ0n) is 20.6. The smallest absolute Gasteiger partial charge is 0.339 e. The Morgan fingerprint density at radius 3 is 2.54 bits per heavy atom. The number of hydrogen-bond acceptors (Lipinski definition) is 8. The summed E-state index contributed by atoms with van der Waals surface area (Å²) >= 11 is 0. The maximum Gasteiger partial charge on any atom is 0.339 e. The Balaban J connectivity index is 1.39. The number of urea groups is 1. The van der Waals surface area contributed by atoms with Gasteiger partial charge in [-0.3, -0.25) is 0 Å². The Labute approximate surface area is 213 Å². The van der Waals surface area contributed by atoms with E-state index in [9.17, 15) is 9.59 Å². The van der Waals surface area contributed by atoms with Crippen molar-refractivity contribution in [2.75, 3.05) is 50.6 Å². The molecule has 0 saturated carbocycles. The van der Waals surface area contributed by atoms with E-state index < -0.39 is 5.97 Å². The Morgan fingerprint density at radius 2 is 1.76 bits per heavy atom. The Bertz CT molecular complexity index is 1420. The van der Waals surface area contributed by atoms with Gasteiger partial charge >= 0.3 is 12.0 Å². The number of fused-ring (bicyclic) bond motifs is 1. The molecule has 4 aromatic rings. The van der Waals surface area contributed by atoms with E-state index in [0.717, 1.165) is 29.1 Å². The number of carbonyl (C=O) groups excluding carboxylic acids is 2. The standard InChI is InChI=1S/C26H27N7O4/c1-36-19-10-8-18(9-11-19)21-16-27-25-28-17-29-33(25)23(21)31-12-5-13-32(15-14-31)26(35)30-22-7-4-3-6-20(22)24(34)37-2/h3-4,6-11,16-17H,5,12-15H2,1-2H3,(H,30,35). The molecule has 11 heteroatoms. The maximum atomic E-state index is 13.1. The summed E-state index contributed by atoms with van der Waals surface area (Å²) in [5, 5.41) is 7.30. The van der Waals surface area contributed by atoms with Crippen molar-refractivity contribution in [2.45, 2.75) is 6.42 Å². The van der Waals surface area contributed by atoms with Gasteiger partial charge in [0, 0.05) is 37.9 Å². The van der Waals surface area contributed by atoms with Gasteiger partial charge in [0.2, 0.25) is 0 Å². The maximum absolute atomic E-state index is 13.1. The normalized spacial score (nSPS) is 13.8. The highest BCUT2D eigenvalue weighted by atomic mass is 16.5. The second-order valence-corrected chi connectivity index (χ2v) is 8.49. The summed E-state index contributed by atoms with van der Waals surface area (Å²) in [6.45, 7) is 2.33. The average molecular weight is 502 g/mol. The molecular weight excluding hydrogens is 474 g/mol. The predicted molar refractivity (Wildman–Crippen MR) is 138 cm³/mol. The molecule has 0 radical (unpaired) electrons. The molecule has 1 fully saturated rings. The second kappa shape index (κ2) is 10.5. The quantitative estimate of drug-likeness (QED) is 0.414. The number of para-hydroxylation sites is 1. The number of amides is 2. The van der Waals surface area contributed by atoms with Crippen LogP contribution in [0.15, 0.2) is 61.1 Å². The van der Waals surface area contributed by atoms with Crippen LogP contribution in [0.3, 0.4) is 0 Å². The number of carbonyl (C=O) groups is 2. The number of rotatable bonds is 5. The third kappa shape index (κ3) is 4.88. The fourth-order valence-corrected chi connectivity index (χ4v) is 4.45. The molecule has 37 heavy (non-hydrogen) atoms. The van der Waals surface area contributed by atoms with E-state index in [0.29, 0.717) is 43.2 Å². The number of esters is 1. The monoisotopic (exact) mass is 501 g/mol. The largest absolute Gasteiger partial charge is 0.497 e. The van der Waals surface area contributed by atoms with Gasteiger partial charge in [-0.25, -0.2) is 14.6 Å². The third-order valence-corrected chi connectivity index (χ3v) is 6.34. The van der Waals surface area contributed by atoms with Gasteiger partial charge < -0.3 is 24.6 Å². The van der Waals surface area contributed by atoms with Crippen molar-refractivity contribution in [3.8, 4) is 16.9 Å². The van der Waals surface area contributed by atoms with Crippen molar-refractivity contribution in [2.24, 2.45) is 0 Å². The fourth-order valence-electron chi connectivity index (χ4n) is 4.45. The number of hydrogen-bond donors (Lipinski definition) is 1. The highest BCUT2D eigenvalue weighted by molar-refractivity contribution is 6.00. The van der Waals surface area contributed by atoms with Crippen molar-refractivity contribution in [1.29, 1.82) is 0 Å². The number of anilines is 2. The summed E-state index contributed by atoms with van der Waals surface area (Å²) in [5.74, 6) is 1.64. The molecule has 1 aliphatic heterocycles. The first-order valence-electron chi connectivity index (χ1n) is 11.9. The molecule has 0 bridgehead atoms. The minimum atomic E-state index is -0.501. The van der Waals surface area contributed by atoms with E-state index in [2.05, 4.69) is 25.3 Å². The minimum Gasteiger partial charge on any atom is -0.497 e. The molecule has 1 saturated heterocycles. The molecule has 0 aliphatic carbocycles. The van der Waals surface area contributed by atoms with E-state index in [-0.39, 0.29) is 6.03 Å². The number of benzene rings is 2. The highest BCUT2D eigenvalue weighted by Crippen LogP contribution is 2.32. The zero-order chi connectivity index (χ0) is 25.8. The van der Waals surface area contributed by atoms with Crippen LogP contribution in [0.5, 0.6) is 5.75 Å². The number of nitrogens with zero attached hydrogens (tertiary/aromatic N) is 6. The third-order valence-electron chi connectivity index (χ3n) is 6.34. The molecule has 2 aromatic carbocycles. The van der Waals surface area contributed by atoms with Gasteiger partial charge in [-0.1, -0.05) is 24.3 Å². The summed E-state index contributed by atoms with van der Waals surface area (Å²) in [5.41, 5.74) is 2.61. The minimum absolute atomic E-state index is 0.269. The second-order valence-electron chi connectivity index (χ2n) is 8.49. The molecule has 0 unspecified atom stereocenters. The summed E-state index contributed by atoms with van der Waals surface area (Å²) < 4.78 is 11.9. The van der Waals surface area contributed by atoms with Gasteiger partial charge in [0.15, 0.2) is 0 Å². The molecule has 0 atom stereocenters. The molecule has 1 N–H and O–H groups in total. The first-order chi connectivity index (χ1) is 18.1. The molecule has 0 spiro atoms. The number of ether oxygens (including phenoxy) is 2. The first kappa shape index (κ1) is 24.0. The van der Waals surface area contributed by atoms with Crippen LogP contribution in [0, 0.1) is 0 Å². The van der Waals surface area contributed by atoms with Crippen LogP contribution in [0.25, 0.3) is 16.9 Å². The van der Waals surface area contributed by atoms with Crippen LogP contribution in [0.1, 0.15) is 16.8 Å². The van der Waals surface area contributed by atoms with E-state index in [4.69, 9.17) is 9.47 Å². The van der Waals surface area contributed by atoms with E-state index in [1.807, 2.05) is 24.3 Å². The Morgan fingerprint density at radius 1 is 0.946 bits per heavy atom. The molecule has 3 heterocycles. The molecule has 2 aromatic heterocycles. The lowest BCUT2D eigenvalue weighted by Crippen LogP contribution is -2.38. The van der Waals surface area contributed by atoms with E-state index >= 15 is 0 Å². The van der Waals surface area contributed by atoms with Crippen molar-refractivity contribution in [3.05, 3.63) is 66.6 Å². The topological polar surface area (TPSA) is 114 Å². The summed E-state index contributed by atoms with van der Waals surface area (Å²) in [6, 6.07) is 14.3. The van der Waals surface area contributed by atoms with Crippen molar-refractivity contribution in [1.82, 2.24) is 24.5 Å². The zero-order valence-corrected chi connectivity index (χ0v) is 20.6.